The van der Waals surface area contributed by atoms with E-state index < -0.39 is 6.10 Å². The first kappa shape index (κ1) is 14.7. The average Bonchev–Trinajstić information content (AvgIpc) is 2.65. The number of allylic oxidation sites excluding steroid dienone is 1. The Morgan fingerprint density at radius 2 is 1.79 bits per heavy atom. The fourth-order valence-electron chi connectivity index (χ4n) is 3.26. The Morgan fingerprint density at radius 3 is 2.37 bits per heavy atom. The summed E-state index contributed by atoms with van der Waals surface area (Å²) >= 11 is 0. The number of aliphatic hydroxyl groups excluding tert-OH is 1. The van der Waals surface area contributed by atoms with E-state index in [4.69, 9.17) is 0 Å². The van der Waals surface area contributed by atoms with Crippen LogP contribution in [-0.2, 0) is 4.79 Å². The molecule has 0 aromatic rings. The molecule has 0 spiro atoms. The van der Waals surface area contributed by atoms with Gasteiger partial charge >= 0.3 is 0 Å². The molecule has 2 unspecified atom stereocenters. The summed E-state index contributed by atoms with van der Waals surface area (Å²) in [6.07, 6.45) is 6.95. The van der Waals surface area contributed by atoms with Crippen molar-refractivity contribution >= 4 is 5.78 Å². The molecule has 1 aliphatic carbocycles. The predicted molar refractivity (Wildman–Crippen MR) is 77.0 cm³/mol. The molecule has 0 aromatic carbocycles. The summed E-state index contributed by atoms with van der Waals surface area (Å²) in [4.78, 5) is 14.5. The second-order valence-electron chi connectivity index (χ2n) is 6.82. The number of ketones is 1. The van der Waals surface area contributed by atoms with Crippen LogP contribution >= 0.6 is 0 Å². The second-order valence-corrected chi connectivity index (χ2v) is 6.82. The highest BCUT2D eigenvalue weighted by Crippen LogP contribution is 2.35. The van der Waals surface area contributed by atoms with Gasteiger partial charge in [-0.1, -0.05) is 32.8 Å². The molecule has 0 amide bonds. The summed E-state index contributed by atoms with van der Waals surface area (Å²) in [5, 5.41) is 10.7. The van der Waals surface area contributed by atoms with Crippen LogP contribution in [-0.4, -0.2) is 41.0 Å². The number of carbonyl (C=O) groups excluding carboxylic acids is 1. The Labute approximate surface area is 116 Å². The van der Waals surface area contributed by atoms with Crippen LogP contribution in [0, 0.1) is 5.41 Å². The number of hydrogen-bond donors (Lipinski definition) is 1. The van der Waals surface area contributed by atoms with Crippen molar-refractivity contribution in [3.05, 3.63) is 11.6 Å². The minimum Gasteiger partial charge on any atom is -0.391 e. The minimum atomic E-state index is -0.466. The molecule has 0 aromatic heterocycles. The van der Waals surface area contributed by atoms with Crippen molar-refractivity contribution in [2.75, 3.05) is 13.1 Å². The van der Waals surface area contributed by atoms with Gasteiger partial charge in [-0.2, -0.15) is 0 Å². The summed E-state index contributed by atoms with van der Waals surface area (Å²) in [5.74, 6) is 0.182. The van der Waals surface area contributed by atoms with Crippen molar-refractivity contribution < 1.29 is 9.90 Å². The van der Waals surface area contributed by atoms with Crippen LogP contribution in [0.25, 0.3) is 0 Å². The fourth-order valence-corrected chi connectivity index (χ4v) is 3.26. The van der Waals surface area contributed by atoms with E-state index >= 15 is 0 Å². The highest BCUT2D eigenvalue weighted by molar-refractivity contribution is 5.95. The maximum Gasteiger partial charge on any atom is 0.158 e. The Bertz CT molecular complexity index is 365. The van der Waals surface area contributed by atoms with Gasteiger partial charge in [-0.15, -0.1) is 0 Å². The molecule has 0 bridgehead atoms. The van der Waals surface area contributed by atoms with Gasteiger partial charge in [-0.05, 0) is 43.8 Å². The van der Waals surface area contributed by atoms with Gasteiger partial charge in [0.15, 0.2) is 5.78 Å². The number of Topliss-reactive ketones (excluding diaryl/α,β-unsaturated/α-hetero) is 1. The van der Waals surface area contributed by atoms with E-state index in [1.807, 2.05) is 26.8 Å². The van der Waals surface area contributed by atoms with Crippen molar-refractivity contribution in [1.29, 1.82) is 0 Å². The van der Waals surface area contributed by atoms with E-state index in [2.05, 4.69) is 4.90 Å². The van der Waals surface area contributed by atoms with Crippen LogP contribution < -0.4 is 0 Å². The van der Waals surface area contributed by atoms with Gasteiger partial charge in [0.1, 0.15) is 0 Å². The van der Waals surface area contributed by atoms with E-state index in [-0.39, 0.29) is 17.2 Å². The van der Waals surface area contributed by atoms with Gasteiger partial charge in [0.05, 0.1) is 12.1 Å². The summed E-state index contributed by atoms with van der Waals surface area (Å²) in [6, 6.07) is -0.000417. The lowest BCUT2D eigenvalue weighted by atomic mass is 9.79. The number of nitrogens with zero attached hydrogens (tertiary/aromatic N) is 1. The molecular formula is C16H27NO2. The van der Waals surface area contributed by atoms with Crippen molar-refractivity contribution in [3.8, 4) is 0 Å². The van der Waals surface area contributed by atoms with Crippen LogP contribution in [0.15, 0.2) is 11.6 Å². The normalized spacial score (nSPS) is 33.5. The molecule has 3 heteroatoms. The van der Waals surface area contributed by atoms with E-state index in [1.54, 1.807) is 0 Å². The van der Waals surface area contributed by atoms with E-state index in [0.717, 1.165) is 18.7 Å². The molecule has 2 rings (SSSR count). The van der Waals surface area contributed by atoms with E-state index in [9.17, 15) is 9.90 Å². The largest absolute Gasteiger partial charge is 0.391 e. The van der Waals surface area contributed by atoms with Gasteiger partial charge in [0, 0.05) is 6.42 Å². The maximum absolute atomic E-state index is 12.1. The summed E-state index contributed by atoms with van der Waals surface area (Å²) in [5.41, 5.74) is 0.473. The van der Waals surface area contributed by atoms with Crippen LogP contribution in [0.1, 0.15) is 52.9 Å². The maximum atomic E-state index is 12.1. The van der Waals surface area contributed by atoms with Crippen molar-refractivity contribution in [2.24, 2.45) is 5.41 Å². The molecule has 0 radical (unpaired) electrons. The van der Waals surface area contributed by atoms with E-state index in [1.165, 1.54) is 25.7 Å². The molecule has 1 fully saturated rings. The van der Waals surface area contributed by atoms with Gasteiger partial charge in [0.25, 0.3) is 0 Å². The Morgan fingerprint density at radius 1 is 1.21 bits per heavy atom. The molecular weight excluding hydrogens is 238 g/mol. The highest BCUT2D eigenvalue weighted by atomic mass is 16.3. The van der Waals surface area contributed by atoms with Crippen molar-refractivity contribution in [2.45, 2.75) is 65.0 Å². The molecule has 1 N–H and O–H groups in total. The molecule has 0 saturated carbocycles. The monoisotopic (exact) mass is 265 g/mol. The Hall–Kier alpha value is -0.670. The quantitative estimate of drug-likeness (QED) is 0.792. The fraction of sp³-hybridized carbons (Fsp3) is 0.812. The number of likely N-dealkylation sites (tertiary alicyclic amines) is 1. The molecule has 1 aliphatic heterocycles. The number of aliphatic hydroxyl groups is 1. The third-order valence-electron chi connectivity index (χ3n) is 4.66. The smallest absolute Gasteiger partial charge is 0.158 e. The SMILES string of the molecule is CC1=CC(N2CCCCCC2)C(O)C(C)(C)CC1=O. The van der Waals surface area contributed by atoms with Crippen LogP contribution in [0.2, 0.25) is 0 Å². The zero-order chi connectivity index (χ0) is 14.0. The van der Waals surface area contributed by atoms with Crippen LogP contribution in [0.5, 0.6) is 0 Å². The molecule has 19 heavy (non-hydrogen) atoms. The topological polar surface area (TPSA) is 40.5 Å². The van der Waals surface area contributed by atoms with Crippen molar-refractivity contribution in [1.82, 2.24) is 4.90 Å². The van der Waals surface area contributed by atoms with Crippen molar-refractivity contribution in [3.63, 3.8) is 0 Å². The van der Waals surface area contributed by atoms with Crippen LogP contribution in [0.4, 0.5) is 0 Å². The Balaban J connectivity index is 2.26. The lowest BCUT2D eigenvalue weighted by molar-refractivity contribution is -0.119. The van der Waals surface area contributed by atoms with Gasteiger partial charge in [0.2, 0.25) is 0 Å². The lowest BCUT2D eigenvalue weighted by Crippen LogP contribution is -2.48. The first-order chi connectivity index (χ1) is 8.92. The minimum absolute atomic E-state index is 0.000417. The second kappa shape index (κ2) is 5.76. The van der Waals surface area contributed by atoms with Gasteiger partial charge < -0.3 is 5.11 Å². The molecule has 2 atom stereocenters. The van der Waals surface area contributed by atoms with Crippen LogP contribution in [0.3, 0.4) is 0 Å². The molecule has 3 nitrogen and oxygen atoms in total. The number of hydrogen-bond acceptors (Lipinski definition) is 3. The third kappa shape index (κ3) is 3.26. The summed E-state index contributed by atoms with van der Waals surface area (Å²) in [7, 11) is 0. The standard InChI is InChI=1S/C16H27NO2/c1-12-10-13(17-8-6-4-5-7-9-17)15(19)16(2,3)11-14(12)18/h10,13,15,19H,4-9,11H2,1-3H3. The molecule has 2 aliphatic rings. The third-order valence-corrected chi connectivity index (χ3v) is 4.66. The van der Waals surface area contributed by atoms with Gasteiger partial charge in [-0.3, -0.25) is 9.69 Å². The predicted octanol–water partition coefficient (Wildman–Crippen LogP) is 2.54. The van der Waals surface area contributed by atoms with Gasteiger partial charge in [-0.25, -0.2) is 0 Å². The zero-order valence-electron chi connectivity index (χ0n) is 12.5. The summed E-state index contributed by atoms with van der Waals surface area (Å²) < 4.78 is 0. The summed E-state index contributed by atoms with van der Waals surface area (Å²) in [6.45, 7) is 7.98. The average molecular weight is 265 g/mol. The highest BCUT2D eigenvalue weighted by Gasteiger charge is 2.40. The number of rotatable bonds is 1. The molecule has 1 saturated heterocycles. The van der Waals surface area contributed by atoms with E-state index in [0.29, 0.717) is 6.42 Å². The Kier molecular flexibility index (Phi) is 4.46. The first-order valence-corrected chi connectivity index (χ1v) is 7.55. The zero-order valence-corrected chi connectivity index (χ0v) is 12.5. The number of carbonyl (C=O) groups is 1. The lowest BCUT2D eigenvalue weighted by Gasteiger charge is -2.38. The molecule has 1 heterocycles. The molecule has 108 valence electrons. The first-order valence-electron chi connectivity index (χ1n) is 7.55.